The molecule has 138 valence electrons. The minimum Gasteiger partial charge on any atom is -0.492 e. The number of nitrogens with one attached hydrogen (secondary N) is 1. The van der Waals surface area contributed by atoms with E-state index < -0.39 is 0 Å². The van der Waals surface area contributed by atoms with Crippen molar-refractivity contribution in [3.63, 3.8) is 0 Å². The molecule has 0 saturated carbocycles. The van der Waals surface area contributed by atoms with Gasteiger partial charge in [-0.05, 0) is 50.1 Å². The average Bonchev–Trinajstić information content (AvgIpc) is 2.64. The van der Waals surface area contributed by atoms with E-state index in [2.05, 4.69) is 10.2 Å². The Morgan fingerprint density at radius 1 is 1.32 bits per heavy atom. The zero-order valence-corrected chi connectivity index (χ0v) is 15.7. The number of piperazine rings is 1. The van der Waals surface area contributed by atoms with Crippen LogP contribution < -0.4 is 10.1 Å². The van der Waals surface area contributed by atoms with Gasteiger partial charge in [0.25, 0.3) is 0 Å². The summed E-state index contributed by atoms with van der Waals surface area (Å²) in [5, 5.41) is 4.07. The minimum atomic E-state index is 0.177. The Hall–Kier alpha value is -1.30. The number of carbonyl (C=O) groups excluding carboxylic acids is 1. The van der Waals surface area contributed by atoms with Crippen molar-refractivity contribution in [3.8, 4) is 5.75 Å². The number of carbonyl (C=O) groups is 1. The Bertz CT molecular complexity index is 582. The molecule has 0 aromatic heterocycles. The van der Waals surface area contributed by atoms with Crippen molar-refractivity contribution in [1.82, 2.24) is 15.1 Å². The molecule has 2 aliphatic heterocycles. The van der Waals surface area contributed by atoms with Crippen LogP contribution in [0.4, 0.5) is 0 Å². The third-order valence-electron chi connectivity index (χ3n) is 5.13. The lowest BCUT2D eigenvalue weighted by atomic mass is 9.98. The quantitative estimate of drug-likeness (QED) is 0.868. The third kappa shape index (κ3) is 5.09. The van der Waals surface area contributed by atoms with E-state index in [0.29, 0.717) is 12.5 Å². The molecule has 1 atom stereocenters. The molecule has 1 unspecified atom stereocenters. The fraction of sp³-hybridized carbons (Fsp3) is 0.632. The van der Waals surface area contributed by atoms with Gasteiger partial charge in [-0.3, -0.25) is 9.69 Å². The highest BCUT2D eigenvalue weighted by Crippen LogP contribution is 2.21. The number of rotatable bonds is 5. The van der Waals surface area contributed by atoms with Crippen molar-refractivity contribution in [2.45, 2.75) is 19.8 Å². The maximum absolute atomic E-state index is 12.6. The highest BCUT2D eigenvalue weighted by Gasteiger charge is 2.28. The van der Waals surface area contributed by atoms with Crippen LogP contribution in [0.5, 0.6) is 5.75 Å². The summed E-state index contributed by atoms with van der Waals surface area (Å²) in [6.45, 7) is 8.94. The van der Waals surface area contributed by atoms with Crippen LogP contribution in [-0.4, -0.2) is 68.1 Å². The molecule has 2 heterocycles. The second-order valence-corrected chi connectivity index (χ2v) is 7.40. The van der Waals surface area contributed by atoms with E-state index in [9.17, 15) is 4.79 Å². The smallest absolute Gasteiger partial charge is 0.227 e. The molecule has 6 heteroatoms. The lowest BCUT2D eigenvalue weighted by Gasteiger charge is -2.37. The first kappa shape index (κ1) is 18.5. The summed E-state index contributed by atoms with van der Waals surface area (Å²) in [4.78, 5) is 17.0. The predicted molar refractivity (Wildman–Crippen MR) is 100 cm³/mol. The second-order valence-electron chi connectivity index (χ2n) is 6.97. The number of amides is 1. The van der Waals surface area contributed by atoms with E-state index in [1.165, 1.54) is 0 Å². The molecule has 2 fully saturated rings. The van der Waals surface area contributed by atoms with E-state index >= 15 is 0 Å². The molecule has 5 nitrogen and oxygen atoms in total. The van der Waals surface area contributed by atoms with Crippen LogP contribution in [-0.2, 0) is 4.79 Å². The van der Waals surface area contributed by atoms with E-state index in [-0.39, 0.29) is 5.92 Å². The van der Waals surface area contributed by atoms with Crippen molar-refractivity contribution in [3.05, 3.63) is 28.8 Å². The molecule has 1 amide bonds. The number of halogens is 1. The van der Waals surface area contributed by atoms with Crippen molar-refractivity contribution >= 4 is 17.5 Å². The Kier molecular flexibility index (Phi) is 6.57. The van der Waals surface area contributed by atoms with Crippen LogP contribution in [0.1, 0.15) is 18.4 Å². The maximum atomic E-state index is 12.6. The molecular weight excluding hydrogens is 338 g/mol. The van der Waals surface area contributed by atoms with Gasteiger partial charge in [0.2, 0.25) is 5.91 Å². The molecule has 2 aliphatic rings. The molecule has 0 spiro atoms. The van der Waals surface area contributed by atoms with E-state index in [1.807, 2.05) is 30.0 Å². The van der Waals surface area contributed by atoms with Crippen molar-refractivity contribution in [2.75, 3.05) is 52.4 Å². The maximum Gasteiger partial charge on any atom is 0.227 e. The van der Waals surface area contributed by atoms with Gasteiger partial charge >= 0.3 is 0 Å². The third-order valence-corrected chi connectivity index (χ3v) is 5.37. The summed E-state index contributed by atoms with van der Waals surface area (Å²) in [6.07, 6.45) is 2.14. The van der Waals surface area contributed by atoms with Crippen LogP contribution in [0.15, 0.2) is 18.2 Å². The minimum absolute atomic E-state index is 0.177. The van der Waals surface area contributed by atoms with Crippen molar-refractivity contribution in [2.24, 2.45) is 5.92 Å². The monoisotopic (exact) mass is 365 g/mol. The first-order valence-electron chi connectivity index (χ1n) is 9.24. The number of benzene rings is 1. The van der Waals surface area contributed by atoms with Crippen LogP contribution in [0.25, 0.3) is 0 Å². The largest absolute Gasteiger partial charge is 0.492 e. The van der Waals surface area contributed by atoms with Crippen LogP contribution in [0, 0.1) is 12.8 Å². The topological polar surface area (TPSA) is 44.8 Å². The molecule has 0 aliphatic carbocycles. The van der Waals surface area contributed by atoms with E-state index in [4.69, 9.17) is 16.3 Å². The van der Waals surface area contributed by atoms with Gasteiger partial charge in [-0.25, -0.2) is 0 Å². The van der Waals surface area contributed by atoms with E-state index in [1.54, 1.807) is 0 Å². The number of hydrogen-bond acceptors (Lipinski definition) is 4. The standard InChI is InChI=1S/C19H28ClN3O2/c1-15-13-17(20)4-5-18(15)25-12-11-22-7-9-23(10-8-22)19(24)16-3-2-6-21-14-16/h4-5,13,16,21H,2-3,6-12,14H2,1H3. The van der Waals surface area contributed by atoms with Crippen LogP contribution in [0.2, 0.25) is 5.02 Å². The number of hydrogen-bond donors (Lipinski definition) is 1. The summed E-state index contributed by atoms with van der Waals surface area (Å²) < 4.78 is 5.87. The molecule has 3 rings (SSSR count). The van der Waals surface area contributed by atoms with Crippen LogP contribution in [0.3, 0.4) is 0 Å². The van der Waals surface area contributed by atoms with Gasteiger partial charge in [-0.1, -0.05) is 11.6 Å². The zero-order chi connectivity index (χ0) is 17.6. The van der Waals surface area contributed by atoms with Crippen molar-refractivity contribution in [1.29, 1.82) is 0 Å². The molecule has 1 N–H and O–H groups in total. The molecule has 1 aromatic carbocycles. The predicted octanol–water partition coefficient (Wildman–Crippen LogP) is 2.17. The number of aryl methyl sites for hydroxylation is 1. The molecule has 0 bridgehead atoms. The Morgan fingerprint density at radius 3 is 2.80 bits per heavy atom. The Balaban J connectivity index is 1.38. The number of nitrogens with zero attached hydrogens (tertiary/aromatic N) is 2. The summed E-state index contributed by atoms with van der Waals surface area (Å²) in [5.74, 6) is 1.40. The Morgan fingerprint density at radius 2 is 2.12 bits per heavy atom. The fourth-order valence-electron chi connectivity index (χ4n) is 3.57. The van der Waals surface area contributed by atoms with Crippen LogP contribution >= 0.6 is 11.6 Å². The van der Waals surface area contributed by atoms with Crippen molar-refractivity contribution < 1.29 is 9.53 Å². The number of piperidine rings is 1. The van der Waals surface area contributed by atoms with Gasteiger partial charge in [-0.15, -0.1) is 0 Å². The molecule has 0 radical (unpaired) electrons. The highest BCUT2D eigenvalue weighted by atomic mass is 35.5. The summed E-state index contributed by atoms with van der Waals surface area (Å²) >= 11 is 5.97. The number of ether oxygens (including phenoxy) is 1. The normalized spacial score (nSPS) is 22.0. The van der Waals surface area contributed by atoms with Gasteiger partial charge in [0, 0.05) is 44.3 Å². The van der Waals surface area contributed by atoms with Gasteiger partial charge in [-0.2, -0.15) is 0 Å². The highest BCUT2D eigenvalue weighted by molar-refractivity contribution is 6.30. The SMILES string of the molecule is Cc1cc(Cl)ccc1OCCN1CCN(C(=O)C2CCCNC2)CC1. The van der Waals surface area contributed by atoms with Gasteiger partial charge in [0.15, 0.2) is 0 Å². The fourth-order valence-corrected chi connectivity index (χ4v) is 3.80. The lowest BCUT2D eigenvalue weighted by molar-refractivity contribution is -0.137. The van der Waals surface area contributed by atoms with Gasteiger partial charge in [0.05, 0.1) is 5.92 Å². The Labute approximate surface area is 155 Å². The molecular formula is C19H28ClN3O2. The zero-order valence-electron chi connectivity index (χ0n) is 15.0. The average molecular weight is 366 g/mol. The summed E-state index contributed by atoms with van der Waals surface area (Å²) in [5.41, 5.74) is 1.06. The van der Waals surface area contributed by atoms with E-state index in [0.717, 1.165) is 75.0 Å². The first-order chi connectivity index (χ1) is 12.1. The lowest BCUT2D eigenvalue weighted by Crippen LogP contribution is -2.52. The first-order valence-corrected chi connectivity index (χ1v) is 9.62. The molecule has 2 saturated heterocycles. The second kappa shape index (κ2) is 8.88. The molecule has 1 aromatic rings. The van der Waals surface area contributed by atoms with Gasteiger partial charge < -0.3 is 15.0 Å². The molecule has 25 heavy (non-hydrogen) atoms. The summed E-state index contributed by atoms with van der Waals surface area (Å²) in [6, 6.07) is 5.70. The summed E-state index contributed by atoms with van der Waals surface area (Å²) in [7, 11) is 0. The van der Waals surface area contributed by atoms with Gasteiger partial charge in [0.1, 0.15) is 12.4 Å².